The van der Waals surface area contributed by atoms with Crippen LogP contribution in [0.5, 0.6) is 0 Å². The molecule has 4 N–H and O–H groups in total. The van der Waals surface area contributed by atoms with E-state index in [1.165, 1.54) is 12.1 Å². The summed E-state index contributed by atoms with van der Waals surface area (Å²) in [6, 6.07) is 5.58. The van der Waals surface area contributed by atoms with Crippen molar-refractivity contribution >= 4 is 11.6 Å². The van der Waals surface area contributed by atoms with E-state index in [9.17, 15) is 9.18 Å². The molecule has 1 amide bonds. The molecule has 1 atom stereocenters. The maximum absolute atomic E-state index is 12.9. The fourth-order valence-electron chi connectivity index (χ4n) is 1.32. The molecule has 1 unspecified atom stereocenters. The molecule has 0 heterocycles. The van der Waals surface area contributed by atoms with Crippen LogP contribution in [-0.4, -0.2) is 25.5 Å². The highest BCUT2D eigenvalue weighted by Gasteiger charge is 2.10. The van der Waals surface area contributed by atoms with Crippen LogP contribution in [0.1, 0.15) is 6.42 Å². The molecule has 0 bridgehead atoms. The van der Waals surface area contributed by atoms with Crippen LogP contribution in [0, 0.1) is 5.82 Å². The van der Waals surface area contributed by atoms with E-state index >= 15 is 0 Å². The highest BCUT2D eigenvalue weighted by molar-refractivity contribution is 5.79. The molecule has 88 valence electrons. The normalized spacial score (nSPS) is 12.2. The predicted octanol–water partition coefficient (Wildman–Crippen LogP) is 0.465. The summed E-state index contributed by atoms with van der Waals surface area (Å²) >= 11 is 0. The number of nitrogens with two attached hydrogens (primary N) is 2. The Balaban J connectivity index is 2.52. The summed E-state index contributed by atoms with van der Waals surface area (Å²) < 4.78 is 12.9. The Bertz CT molecular complexity index is 370. The molecule has 0 radical (unpaired) electrons. The smallest absolute Gasteiger partial charge is 0.234 e. The first-order valence-corrected chi connectivity index (χ1v) is 5.02. The average Bonchev–Trinajstić information content (AvgIpc) is 2.25. The maximum atomic E-state index is 12.9. The van der Waals surface area contributed by atoms with E-state index < -0.39 is 11.9 Å². The molecule has 1 rings (SSSR count). The zero-order valence-electron chi connectivity index (χ0n) is 9.19. The van der Waals surface area contributed by atoms with Gasteiger partial charge in [-0.15, -0.1) is 0 Å². The topological polar surface area (TPSA) is 72.3 Å². The number of rotatable bonds is 5. The number of halogens is 1. The number of benzene rings is 1. The molecule has 0 fully saturated rings. The van der Waals surface area contributed by atoms with E-state index in [1.807, 2.05) is 11.9 Å². The van der Waals surface area contributed by atoms with Gasteiger partial charge in [0, 0.05) is 19.3 Å². The lowest BCUT2D eigenvalue weighted by atomic mass is 10.2. The monoisotopic (exact) mass is 225 g/mol. The molecule has 0 saturated carbocycles. The number of hydrogen-bond donors (Lipinski definition) is 2. The summed E-state index contributed by atoms with van der Waals surface area (Å²) in [5, 5.41) is 0. The quantitative estimate of drug-likeness (QED) is 0.765. The lowest BCUT2D eigenvalue weighted by Gasteiger charge is -2.20. The second-order valence-corrected chi connectivity index (χ2v) is 3.70. The largest absolute Gasteiger partial charge is 0.374 e. The van der Waals surface area contributed by atoms with Crippen molar-refractivity contribution in [3.8, 4) is 0 Å². The van der Waals surface area contributed by atoms with Crippen molar-refractivity contribution in [3.05, 3.63) is 30.1 Å². The van der Waals surface area contributed by atoms with Crippen molar-refractivity contribution in [2.24, 2.45) is 11.5 Å². The van der Waals surface area contributed by atoms with Crippen LogP contribution in [0.15, 0.2) is 24.3 Å². The number of hydrogen-bond acceptors (Lipinski definition) is 3. The summed E-state index contributed by atoms with van der Waals surface area (Å²) in [5.74, 6) is -0.809. The first kappa shape index (κ1) is 12.4. The Morgan fingerprint density at radius 1 is 1.56 bits per heavy atom. The van der Waals surface area contributed by atoms with Gasteiger partial charge in [0.1, 0.15) is 5.82 Å². The molecule has 16 heavy (non-hydrogen) atoms. The first-order chi connectivity index (χ1) is 7.50. The third kappa shape index (κ3) is 3.51. The van der Waals surface area contributed by atoms with Gasteiger partial charge in [0.15, 0.2) is 0 Å². The molecule has 1 aromatic rings. The van der Waals surface area contributed by atoms with Crippen molar-refractivity contribution in [3.63, 3.8) is 0 Å². The number of nitrogens with zero attached hydrogens (tertiary/aromatic N) is 1. The van der Waals surface area contributed by atoms with Crippen LogP contribution in [0.25, 0.3) is 0 Å². The summed E-state index contributed by atoms with van der Waals surface area (Å²) in [6.07, 6.45) is 0.447. The lowest BCUT2D eigenvalue weighted by Crippen LogP contribution is -2.39. The predicted molar refractivity (Wildman–Crippen MR) is 61.5 cm³/mol. The van der Waals surface area contributed by atoms with Crippen LogP contribution in [-0.2, 0) is 4.79 Å². The van der Waals surface area contributed by atoms with Crippen LogP contribution in [0.4, 0.5) is 10.1 Å². The van der Waals surface area contributed by atoms with E-state index in [1.54, 1.807) is 12.1 Å². The van der Waals surface area contributed by atoms with Gasteiger partial charge >= 0.3 is 0 Å². The minimum absolute atomic E-state index is 0.288. The Morgan fingerprint density at radius 3 is 2.81 bits per heavy atom. The maximum Gasteiger partial charge on any atom is 0.234 e. The van der Waals surface area contributed by atoms with E-state index in [4.69, 9.17) is 11.5 Å². The molecular weight excluding hydrogens is 209 g/mol. The zero-order chi connectivity index (χ0) is 12.1. The second-order valence-electron chi connectivity index (χ2n) is 3.70. The zero-order valence-corrected chi connectivity index (χ0v) is 9.19. The highest BCUT2D eigenvalue weighted by Crippen LogP contribution is 2.14. The third-order valence-corrected chi connectivity index (χ3v) is 2.39. The van der Waals surface area contributed by atoms with E-state index in [-0.39, 0.29) is 5.82 Å². The summed E-state index contributed by atoms with van der Waals surface area (Å²) in [5.41, 5.74) is 11.3. The van der Waals surface area contributed by atoms with Crippen molar-refractivity contribution < 1.29 is 9.18 Å². The number of anilines is 1. The van der Waals surface area contributed by atoms with Gasteiger partial charge in [-0.2, -0.15) is 0 Å². The molecule has 0 saturated heterocycles. The summed E-state index contributed by atoms with van der Waals surface area (Å²) in [6.45, 7) is 0.549. The minimum atomic E-state index is -0.656. The van der Waals surface area contributed by atoms with Gasteiger partial charge in [-0.25, -0.2) is 4.39 Å². The Kier molecular flexibility index (Phi) is 4.25. The molecular formula is C11H16FN3O. The van der Waals surface area contributed by atoms with E-state index in [0.29, 0.717) is 13.0 Å². The molecule has 0 aromatic heterocycles. The van der Waals surface area contributed by atoms with Crippen LogP contribution < -0.4 is 16.4 Å². The van der Waals surface area contributed by atoms with Crippen LogP contribution >= 0.6 is 0 Å². The van der Waals surface area contributed by atoms with Gasteiger partial charge < -0.3 is 16.4 Å². The molecule has 4 nitrogen and oxygen atoms in total. The first-order valence-electron chi connectivity index (χ1n) is 5.02. The minimum Gasteiger partial charge on any atom is -0.374 e. The summed E-state index contributed by atoms with van der Waals surface area (Å²) in [7, 11) is 1.81. The Labute approximate surface area is 94.0 Å². The SMILES string of the molecule is CN(CCC(N)C(N)=O)c1cccc(F)c1. The van der Waals surface area contributed by atoms with Crippen molar-refractivity contribution in [2.75, 3.05) is 18.5 Å². The number of amides is 1. The molecule has 0 aliphatic rings. The Morgan fingerprint density at radius 2 is 2.25 bits per heavy atom. The molecule has 0 aliphatic carbocycles. The fourth-order valence-corrected chi connectivity index (χ4v) is 1.32. The average molecular weight is 225 g/mol. The number of primary amides is 1. The molecule has 0 spiro atoms. The van der Waals surface area contributed by atoms with Gasteiger partial charge in [-0.3, -0.25) is 4.79 Å². The fraction of sp³-hybridized carbons (Fsp3) is 0.364. The number of carbonyl (C=O) groups is 1. The van der Waals surface area contributed by atoms with Crippen LogP contribution in [0.2, 0.25) is 0 Å². The van der Waals surface area contributed by atoms with Crippen molar-refractivity contribution in [1.29, 1.82) is 0 Å². The lowest BCUT2D eigenvalue weighted by molar-refractivity contribution is -0.119. The Hall–Kier alpha value is -1.62. The summed E-state index contributed by atoms with van der Waals surface area (Å²) in [4.78, 5) is 12.5. The van der Waals surface area contributed by atoms with Gasteiger partial charge in [0.05, 0.1) is 6.04 Å². The van der Waals surface area contributed by atoms with Gasteiger partial charge in [0.2, 0.25) is 5.91 Å². The second kappa shape index (κ2) is 5.46. The van der Waals surface area contributed by atoms with E-state index in [0.717, 1.165) is 5.69 Å². The standard InChI is InChI=1S/C11H16FN3O/c1-15(6-5-10(13)11(14)16)9-4-2-3-8(12)7-9/h2-4,7,10H,5-6,13H2,1H3,(H2,14,16). The molecule has 5 heteroatoms. The van der Waals surface area contributed by atoms with Gasteiger partial charge in [0.25, 0.3) is 0 Å². The third-order valence-electron chi connectivity index (χ3n) is 2.39. The molecule has 0 aliphatic heterocycles. The van der Waals surface area contributed by atoms with Gasteiger partial charge in [-0.1, -0.05) is 6.07 Å². The van der Waals surface area contributed by atoms with Crippen molar-refractivity contribution in [1.82, 2.24) is 0 Å². The van der Waals surface area contributed by atoms with Crippen LogP contribution in [0.3, 0.4) is 0 Å². The highest BCUT2D eigenvalue weighted by atomic mass is 19.1. The van der Waals surface area contributed by atoms with Crippen molar-refractivity contribution in [2.45, 2.75) is 12.5 Å². The molecule has 1 aromatic carbocycles. The van der Waals surface area contributed by atoms with E-state index in [2.05, 4.69) is 0 Å². The number of carbonyl (C=O) groups excluding carboxylic acids is 1. The van der Waals surface area contributed by atoms with Gasteiger partial charge in [-0.05, 0) is 24.6 Å².